The summed E-state index contributed by atoms with van der Waals surface area (Å²) in [6.07, 6.45) is 5.50. The average molecular weight is 224 g/mol. The molecule has 84 valence electrons. The Morgan fingerprint density at radius 3 is 3.06 bits per heavy atom. The zero-order valence-electron chi connectivity index (χ0n) is 9.26. The zero-order valence-corrected chi connectivity index (χ0v) is 9.26. The van der Waals surface area contributed by atoms with Crippen molar-refractivity contribution in [2.24, 2.45) is 0 Å². The summed E-state index contributed by atoms with van der Waals surface area (Å²) < 4.78 is 5.72. The molecule has 1 aromatic carbocycles. The molecule has 0 unspecified atom stereocenters. The van der Waals surface area contributed by atoms with Gasteiger partial charge in [0.2, 0.25) is 0 Å². The lowest BCUT2D eigenvalue weighted by Gasteiger charge is -2.05. The molecule has 0 saturated carbocycles. The van der Waals surface area contributed by atoms with Gasteiger partial charge in [-0.2, -0.15) is 0 Å². The molecule has 2 aromatic heterocycles. The summed E-state index contributed by atoms with van der Waals surface area (Å²) in [5, 5.41) is 1.16. The van der Waals surface area contributed by atoms with Gasteiger partial charge in [0.05, 0.1) is 0 Å². The van der Waals surface area contributed by atoms with Gasteiger partial charge < -0.3 is 9.72 Å². The molecule has 3 nitrogen and oxygen atoms in total. The molecule has 1 N–H and O–H groups in total. The fraction of sp³-hybridized carbons (Fsp3) is 0.0714. The number of benzene rings is 1. The van der Waals surface area contributed by atoms with Crippen LogP contribution in [0, 0.1) is 0 Å². The third-order valence-electron chi connectivity index (χ3n) is 2.65. The van der Waals surface area contributed by atoms with Gasteiger partial charge in [-0.1, -0.05) is 6.07 Å². The summed E-state index contributed by atoms with van der Waals surface area (Å²) in [6, 6.07) is 12.0. The second kappa shape index (κ2) is 4.29. The lowest BCUT2D eigenvalue weighted by Crippen LogP contribution is -1.95. The molecule has 17 heavy (non-hydrogen) atoms. The maximum Gasteiger partial charge on any atom is 0.120 e. The minimum atomic E-state index is 0.545. The number of hydrogen-bond acceptors (Lipinski definition) is 2. The molecule has 3 aromatic rings. The van der Waals surface area contributed by atoms with Crippen LogP contribution in [0.25, 0.3) is 10.9 Å². The largest absolute Gasteiger partial charge is 0.489 e. The van der Waals surface area contributed by atoms with Crippen molar-refractivity contribution in [3.8, 4) is 5.75 Å². The Morgan fingerprint density at radius 1 is 1.18 bits per heavy atom. The van der Waals surface area contributed by atoms with Crippen molar-refractivity contribution in [3.05, 3.63) is 60.6 Å². The first kappa shape index (κ1) is 9.90. The van der Waals surface area contributed by atoms with E-state index in [1.807, 2.05) is 48.8 Å². The van der Waals surface area contributed by atoms with Gasteiger partial charge in [-0.15, -0.1) is 0 Å². The SMILES string of the molecule is c1cncc(COc2ccc3[nH]ccc3c2)c1. The molecule has 2 heterocycles. The topological polar surface area (TPSA) is 37.9 Å². The molecule has 0 aliphatic rings. The summed E-state index contributed by atoms with van der Waals surface area (Å²) in [5.74, 6) is 0.876. The smallest absolute Gasteiger partial charge is 0.120 e. The molecule has 0 atom stereocenters. The Bertz CT molecular complexity index is 616. The monoisotopic (exact) mass is 224 g/mol. The molecule has 0 aliphatic heterocycles. The third kappa shape index (κ3) is 2.13. The van der Waals surface area contributed by atoms with Crippen LogP contribution >= 0.6 is 0 Å². The normalized spacial score (nSPS) is 10.6. The van der Waals surface area contributed by atoms with Crippen molar-refractivity contribution in [3.63, 3.8) is 0 Å². The van der Waals surface area contributed by atoms with Crippen molar-refractivity contribution in [1.82, 2.24) is 9.97 Å². The van der Waals surface area contributed by atoms with Gasteiger partial charge in [0.25, 0.3) is 0 Å². The number of nitrogens with one attached hydrogen (secondary N) is 1. The summed E-state index contributed by atoms with van der Waals surface area (Å²) in [5.41, 5.74) is 2.19. The van der Waals surface area contributed by atoms with Gasteiger partial charge in [0.1, 0.15) is 12.4 Å². The minimum absolute atomic E-state index is 0.545. The predicted molar refractivity (Wildman–Crippen MR) is 66.9 cm³/mol. The van der Waals surface area contributed by atoms with E-state index < -0.39 is 0 Å². The molecule has 0 saturated heterocycles. The minimum Gasteiger partial charge on any atom is -0.489 e. The number of hydrogen-bond donors (Lipinski definition) is 1. The van der Waals surface area contributed by atoms with Crippen LogP contribution < -0.4 is 4.74 Å². The van der Waals surface area contributed by atoms with Gasteiger partial charge in [-0.25, -0.2) is 0 Å². The summed E-state index contributed by atoms with van der Waals surface area (Å²) in [6.45, 7) is 0.545. The molecular weight excluding hydrogens is 212 g/mol. The number of fused-ring (bicyclic) bond motifs is 1. The van der Waals surface area contributed by atoms with E-state index >= 15 is 0 Å². The van der Waals surface area contributed by atoms with Crippen LogP contribution in [0.4, 0.5) is 0 Å². The lowest BCUT2D eigenvalue weighted by molar-refractivity contribution is 0.306. The molecule has 0 bridgehead atoms. The first-order valence-electron chi connectivity index (χ1n) is 5.51. The Labute approximate surface area is 99.1 Å². The first-order chi connectivity index (χ1) is 8.42. The van der Waals surface area contributed by atoms with Crippen LogP contribution in [0.1, 0.15) is 5.56 Å². The van der Waals surface area contributed by atoms with Crippen molar-refractivity contribution in [2.75, 3.05) is 0 Å². The molecular formula is C14H12N2O. The molecule has 0 spiro atoms. The van der Waals surface area contributed by atoms with Gasteiger partial charge in [-0.05, 0) is 30.3 Å². The van der Waals surface area contributed by atoms with E-state index in [1.165, 1.54) is 0 Å². The van der Waals surface area contributed by atoms with Crippen molar-refractivity contribution in [1.29, 1.82) is 0 Å². The Kier molecular flexibility index (Phi) is 2.50. The van der Waals surface area contributed by atoms with Gasteiger partial charge in [0.15, 0.2) is 0 Å². The lowest BCUT2D eigenvalue weighted by atomic mass is 10.2. The Balaban J connectivity index is 1.76. The Morgan fingerprint density at radius 2 is 2.18 bits per heavy atom. The van der Waals surface area contributed by atoms with Crippen molar-refractivity contribution < 1.29 is 4.74 Å². The van der Waals surface area contributed by atoms with E-state index in [0.717, 1.165) is 22.2 Å². The number of H-pyrrole nitrogens is 1. The highest BCUT2D eigenvalue weighted by atomic mass is 16.5. The first-order valence-corrected chi connectivity index (χ1v) is 5.51. The standard InChI is InChI=1S/C14H12N2O/c1-2-11(9-15-6-1)10-17-13-3-4-14-12(8-13)5-7-16-14/h1-9,16H,10H2. The summed E-state index contributed by atoms with van der Waals surface area (Å²) >= 11 is 0. The summed E-state index contributed by atoms with van der Waals surface area (Å²) in [4.78, 5) is 7.21. The van der Waals surface area contributed by atoms with E-state index in [4.69, 9.17) is 4.74 Å². The van der Waals surface area contributed by atoms with Crippen LogP contribution in [-0.2, 0) is 6.61 Å². The third-order valence-corrected chi connectivity index (χ3v) is 2.65. The highest BCUT2D eigenvalue weighted by molar-refractivity contribution is 5.80. The molecule has 3 heteroatoms. The molecule has 0 fully saturated rings. The van der Waals surface area contributed by atoms with Gasteiger partial charge >= 0.3 is 0 Å². The van der Waals surface area contributed by atoms with Gasteiger partial charge in [-0.3, -0.25) is 4.98 Å². The van der Waals surface area contributed by atoms with Crippen LogP contribution in [-0.4, -0.2) is 9.97 Å². The average Bonchev–Trinajstić information content (AvgIpc) is 2.85. The van der Waals surface area contributed by atoms with Crippen LogP contribution in [0.15, 0.2) is 55.0 Å². The quantitative estimate of drug-likeness (QED) is 0.742. The van der Waals surface area contributed by atoms with E-state index in [9.17, 15) is 0 Å². The number of ether oxygens (including phenoxy) is 1. The maximum absolute atomic E-state index is 5.72. The molecule has 0 radical (unpaired) electrons. The summed E-state index contributed by atoms with van der Waals surface area (Å²) in [7, 11) is 0. The van der Waals surface area contributed by atoms with E-state index in [1.54, 1.807) is 6.20 Å². The zero-order chi connectivity index (χ0) is 11.5. The van der Waals surface area contributed by atoms with Crippen molar-refractivity contribution in [2.45, 2.75) is 6.61 Å². The van der Waals surface area contributed by atoms with Crippen LogP contribution in [0.2, 0.25) is 0 Å². The second-order valence-corrected chi connectivity index (χ2v) is 3.88. The molecule has 0 amide bonds. The van der Waals surface area contributed by atoms with Crippen molar-refractivity contribution >= 4 is 10.9 Å². The fourth-order valence-corrected chi connectivity index (χ4v) is 1.77. The van der Waals surface area contributed by atoms with Gasteiger partial charge in [0, 0.05) is 35.1 Å². The second-order valence-electron chi connectivity index (χ2n) is 3.88. The van der Waals surface area contributed by atoms with E-state index in [2.05, 4.69) is 9.97 Å². The fourth-order valence-electron chi connectivity index (χ4n) is 1.77. The number of pyridine rings is 1. The number of rotatable bonds is 3. The number of aromatic nitrogens is 2. The predicted octanol–water partition coefficient (Wildman–Crippen LogP) is 3.14. The van der Waals surface area contributed by atoms with E-state index in [-0.39, 0.29) is 0 Å². The van der Waals surface area contributed by atoms with Crippen LogP contribution in [0.3, 0.4) is 0 Å². The highest BCUT2D eigenvalue weighted by Crippen LogP contribution is 2.20. The van der Waals surface area contributed by atoms with E-state index in [0.29, 0.717) is 6.61 Å². The number of aromatic amines is 1. The Hall–Kier alpha value is -2.29. The van der Waals surface area contributed by atoms with Crippen LogP contribution in [0.5, 0.6) is 5.75 Å². The highest BCUT2D eigenvalue weighted by Gasteiger charge is 1.98. The molecule has 0 aliphatic carbocycles. The maximum atomic E-state index is 5.72. The molecule has 3 rings (SSSR count). The number of nitrogens with zero attached hydrogens (tertiary/aromatic N) is 1.